The molecule has 1 rings (SSSR count). The first-order chi connectivity index (χ1) is 7.57. The van der Waals surface area contributed by atoms with E-state index in [0.717, 1.165) is 25.7 Å². The second-order valence-electron chi connectivity index (χ2n) is 4.65. The summed E-state index contributed by atoms with van der Waals surface area (Å²) >= 11 is 0. The van der Waals surface area contributed by atoms with E-state index in [0.29, 0.717) is 12.3 Å². The third-order valence-corrected chi connectivity index (χ3v) is 4.80. The van der Waals surface area contributed by atoms with Gasteiger partial charge >= 0.3 is 0 Å². The Labute approximate surface area is 98.5 Å². The molecular formula is C11H23NO3S. The zero-order valence-electron chi connectivity index (χ0n) is 9.98. The first-order valence-corrected chi connectivity index (χ1v) is 7.83. The summed E-state index contributed by atoms with van der Waals surface area (Å²) in [6.45, 7) is 2.09. The molecule has 2 N–H and O–H groups in total. The quantitative estimate of drug-likeness (QED) is 0.744. The molecule has 1 aliphatic carbocycles. The Morgan fingerprint density at radius 2 is 2.12 bits per heavy atom. The van der Waals surface area contributed by atoms with Crippen LogP contribution in [0.15, 0.2) is 0 Å². The van der Waals surface area contributed by atoms with E-state index < -0.39 is 10.0 Å². The standard InChI is InChI=1S/C11H23NO3S/c1-2-10-5-3-6-11(9-10)12-16(14,15)8-4-7-13/h10-13H,2-9H2,1H3. The molecule has 0 aromatic carbocycles. The second-order valence-corrected chi connectivity index (χ2v) is 6.53. The minimum atomic E-state index is -3.19. The maximum absolute atomic E-state index is 11.6. The van der Waals surface area contributed by atoms with E-state index >= 15 is 0 Å². The average molecular weight is 249 g/mol. The fourth-order valence-corrected chi connectivity index (χ4v) is 3.69. The van der Waals surface area contributed by atoms with Crippen LogP contribution in [0.2, 0.25) is 0 Å². The van der Waals surface area contributed by atoms with Crippen molar-refractivity contribution in [2.75, 3.05) is 12.4 Å². The number of aliphatic hydroxyl groups is 1. The highest BCUT2D eigenvalue weighted by Gasteiger charge is 2.24. The lowest BCUT2D eigenvalue weighted by Gasteiger charge is -2.28. The van der Waals surface area contributed by atoms with Crippen LogP contribution in [-0.2, 0) is 10.0 Å². The lowest BCUT2D eigenvalue weighted by molar-refractivity contribution is 0.292. The molecule has 0 radical (unpaired) electrons. The number of sulfonamides is 1. The molecule has 0 aliphatic heterocycles. The Morgan fingerprint density at radius 1 is 1.38 bits per heavy atom. The van der Waals surface area contributed by atoms with E-state index in [1.807, 2.05) is 0 Å². The third kappa shape index (κ3) is 4.80. The normalized spacial score (nSPS) is 26.9. The lowest BCUT2D eigenvalue weighted by Crippen LogP contribution is -2.39. The third-order valence-electron chi connectivity index (χ3n) is 3.28. The molecule has 1 fully saturated rings. The molecule has 0 aromatic heterocycles. The lowest BCUT2D eigenvalue weighted by atomic mass is 9.85. The highest BCUT2D eigenvalue weighted by molar-refractivity contribution is 7.89. The van der Waals surface area contributed by atoms with Gasteiger partial charge in [-0.2, -0.15) is 0 Å². The molecule has 2 atom stereocenters. The largest absolute Gasteiger partial charge is 0.396 e. The average Bonchev–Trinajstić information content (AvgIpc) is 2.26. The molecule has 1 saturated carbocycles. The summed E-state index contributed by atoms with van der Waals surface area (Å²) in [5, 5.41) is 8.62. The van der Waals surface area contributed by atoms with Crippen LogP contribution in [0.4, 0.5) is 0 Å². The molecule has 1 aliphatic rings. The molecule has 96 valence electrons. The molecule has 0 aromatic rings. The van der Waals surface area contributed by atoms with Crippen molar-refractivity contribution in [2.24, 2.45) is 5.92 Å². The van der Waals surface area contributed by atoms with Crippen LogP contribution in [0.1, 0.15) is 45.4 Å². The Morgan fingerprint density at radius 3 is 2.75 bits per heavy atom. The van der Waals surface area contributed by atoms with E-state index in [9.17, 15) is 8.42 Å². The molecule has 4 nitrogen and oxygen atoms in total. The Bertz CT molecular complexity index is 290. The SMILES string of the molecule is CCC1CCCC(NS(=O)(=O)CCCO)C1. The molecule has 5 heteroatoms. The van der Waals surface area contributed by atoms with Gasteiger partial charge in [0.25, 0.3) is 0 Å². The number of rotatable bonds is 6. The van der Waals surface area contributed by atoms with Gasteiger partial charge in [0.05, 0.1) is 5.75 Å². The van der Waals surface area contributed by atoms with Gasteiger partial charge in [0, 0.05) is 12.6 Å². The van der Waals surface area contributed by atoms with Crippen LogP contribution >= 0.6 is 0 Å². The van der Waals surface area contributed by atoms with Gasteiger partial charge in [-0.25, -0.2) is 13.1 Å². The van der Waals surface area contributed by atoms with Gasteiger partial charge in [-0.15, -0.1) is 0 Å². The van der Waals surface area contributed by atoms with Crippen molar-refractivity contribution in [1.82, 2.24) is 4.72 Å². The maximum atomic E-state index is 11.6. The van der Waals surface area contributed by atoms with Gasteiger partial charge in [-0.1, -0.05) is 26.2 Å². The van der Waals surface area contributed by atoms with Crippen LogP contribution in [-0.4, -0.2) is 31.9 Å². The van der Waals surface area contributed by atoms with E-state index in [1.54, 1.807) is 0 Å². The number of aliphatic hydroxyl groups excluding tert-OH is 1. The van der Waals surface area contributed by atoms with E-state index in [1.165, 1.54) is 6.42 Å². The smallest absolute Gasteiger partial charge is 0.211 e. The zero-order chi connectivity index (χ0) is 12.0. The van der Waals surface area contributed by atoms with Crippen molar-refractivity contribution in [3.8, 4) is 0 Å². The maximum Gasteiger partial charge on any atom is 0.211 e. The molecule has 16 heavy (non-hydrogen) atoms. The fourth-order valence-electron chi connectivity index (χ4n) is 2.34. The van der Waals surface area contributed by atoms with Crippen LogP contribution in [0.25, 0.3) is 0 Å². The van der Waals surface area contributed by atoms with Crippen molar-refractivity contribution in [3.63, 3.8) is 0 Å². The first-order valence-electron chi connectivity index (χ1n) is 6.18. The fraction of sp³-hybridized carbons (Fsp3) is 1.00. The van der Waals surface area contributed by atoms with Crippen LogP contribution in [0.5, 0.6) is 0 Å². The van der Waals surface area contributed by atoms with E-state index in [-0.39, 0.29) is 18.4 Å². The second kappa shape index (κ2) is 6.57. The molecule has 0 saturated heterocycles. The molecular weight excluding hydrogens is 226 g/mol. The molecule has 2 unspecified atom stereocenters. The van der Waals surface area contributed by atoms with Crippen molar-refractivity contribution in [3.05, 3.63) is 0 Å². The van der Waals surface area contributed by atoms with E-state index in [4.69, 9.17) is 5.11 Å². The van der Waals surface area contributed by atoms with Gasteiger partial charge in [-0.05, 0) is 25.2 Å². The highest BCUT2D eigenvalue weighted by Crippen LogP contribution is 2.26. The minimum Gasteiger partial charge on any atom is -0.396 e. The number of hydrogen-bond donors (Lipinski definition) is 2. The number of nitrogens with one attached hydrogen (secondary N) is 1. The van der Waals surface area contributed by atoms with Crippen molar-refractivity contribution in [2.45, 2.75) is 51.5 Å². The topological polar surface area (TPSA) is 66.4 Å². The van der Waals surface area contributed by atoms with Crippen molar-refractivity contribution in [1.29, 1.82) is 0 Å². The summed E-state index contributed by atoms with van der Waals surface area (Å²) in [6, 6.07) is 0.113. The first kappa shape index (κ1) is 13.9. The Kier molecular flexibility index (Phi) is 5.72. The van der Waals surface area contributed by atoms with Gasteiger partial charge in [0.1, 0.15) is 0 Å². The Hall–Kier alpha value is -0.130. The van der Waals surface area contributed by atoms with Crippen molar-refractivity contribution < 1.29 is 13.5 Å². The molecule has 0 bridgehead atoms. The van der Waals surface area contributed by atoms with Gasteiger partial charge in [-0.3, -0.25) is 0 Å². The van der Waals surface area contributed by atoms with Crippen LogP contribution in [0.3, 0.4) is 0 Å². The summed E-state index contributed by atoms with van der Waals surface area (Å²) in [4.78, 5) is 0. The summed E-state index contributed by atoms with van der Waals surface area (Å²) in [5.74, 6) is 0.704. The molecule has 0 amide bonds. The molecule has 0 spiro atoms. The summed E-state index contributed by atoms with van der Waals surface area (Å²) in [7, 11) is -3.19. The van der Waals surface area contributed by atoms with Gasteiger partial charge in [0.15, 0.2) is 0 Å². The highest BCUT2D eigenvalue weighted by atomic mass is 32.2. The van der Waals surface area contributed by atoms with E-state index in [2.05, 4.69) is 11.6 Å². The predicted octanol–water partition coefficient (Wildman–Crippen LogP) is 1.26. The summed E-state index contributed by atoms with van der Waals surface area (Å²) < 4.78 is 26.0. The predicted molar refractivity (Wildman–Crippen MR) is 64.7 cm³/mol. The van der Waals surface area contributed by atoms with Gasteiger partial charge in [0.2, 0.25) is 10.0 Å². The van der Waals surface area contributed by atoms with Crippen LogP contribution < -0.4 is 4.72 Å². The van der Waals surface area contributed by atoms with Gasteiger partial charge < -0.3 is 5.11 Å². The number of hydrogen-bond acceptors (Lipinski definition) is 3. The van der Waals surface area contributed by atoms with Crippen LogP contribution in [0, 0.1) is 5.92 Å². The monoisotopic (exact) mass is 249 g/mol. The summed E-state index contributed by atoms with van der Waals surface area (Å²) in [6.07, 6.45) is 5.72. The zero-order valence-corrected chi connectivity index (χ0v) is 10.8. The minimum absolute atomic E-state index is 0.0385. The summed E-state index contributed by atoms with van der Waals surface area (Å²) in [5.41, 5.74) is 0. The van der Waals surface area contributed by atoms with Crippen molar-refractivity contribution >= 4 is 10.0 Å². The Balaban J connectivity index is 2.40. The molecule has 0 heterocycles.